The molecule has 1 heterocycles. The first-order valence-corrected chi connectivity index (χ1v) is 11.5. The number of amides is 3. The average Bonchev–Trinajstić information content (AvgIpc) is 2.84. The minimum absolute atomic E-state index is 0.208. The van der Waals surface area contributed by atoms with Gasteiger partial charge in [0.05, 0.1) is 37.4 Å². The number of halogens is 3. The Morgan fingerprint density at radius 2 is 1.81 bits per heavy atom. The Bertz CT molecular complexity index is 1130. The summed E-state index contributed by atoms with van der Waals surface area (Å²) in [7, 11) is 2.87. The van der Waals surface area contributed by atoms with Crippen LogP contribution in [0.1, 0.15) is 15.9 Å². The summed E-state index contributed by atoms with van der Waals surface area (Å²) in [5.74, 6) is -1.41. The van der Waals surface area contributed by atoms with Gasteiger partial charge in [0, 0.05) is 5.56 Å². The zero-order chi connectivity index (χ0) is 26.5. The van der Waals surface area contributed by atoms with Gasteiger partial charge >= 0.3 is 6.18 Å². The second-order valence-corrected chi connectivity index (χ2v) is 8.60. The van der Waals surface area contributed by atoms with Crippen molar-refractivity contribution in [2.24, 2.45) is 5.73 Å². The topological polar surface area (TPSA) is 144 Å². The van der Waals surface area contributed by atoms with Gasteiger partial charge in [0.15, 0.2) is 11.5 Å². The highest BCUT2D eigenvalue weighted by Crippen LogP contribution is 2.34. The molecule has 14 heteroatoms. The van der Waals surface area contributed by atoms with E-state index in [9.17, 15) is 27.6 Å². The second-order valence-electron chi connectivity index (χ2n) is 7.50. The number of thioether (sulfide) groups is 1. The van der Waals surface area contributed by atoms with E-state index >= 15 is 0 Å². The third kappa shape index (κ3) is 6.59. The molecule has 1 fully saturated rings. The van der Waals surface area contributed by atoms with Crippen molar-refractivity contribution < 1.29 is 37.0 Å². The van der Waals surface area contributed by atoms with Gasteiger partial charge in [-0.1, -0.05) is 12.1 Å². The zero-order valence-electron chi connectivity index (χ0n) is 19.1. The monoisotopic (exact) mass is 527 g/mol. The number of carbonyl (C=O) groups is 3. The van der Waals surface area contributed by atoms with E-state index in [-0.39, 0.29) is 17.0 Å². The molecule has 3 unspecified atom stereocenters. The second kappa shape index (κ2) is 11.5. The van der Waals surface area contributed by atoms with Crippen molar-refractivity contribution in [1.82, 2.24) is 16.0 Å². The molecule has 1 saturated heterocycles. The first-order chi connectivity index (χ1) is 17.0. The van der Waals surface area contributed by atoms with E-state index in [2.05, 4.69) is 21.3 Å². The number of carbonyl (C=O) groups excluding carboxylic acids is 3. The summed E-state index contributed by atoms with van der Waals surface area (Å²) in [6.07, 6.45) is -5.63. The summed E-state index contributed by atoms with van der Waals surface area (Å²) in [5, 5.41) is 10.2. The molecule has 6 N–H and O–H groups in total. The number of para-hydroxylation sites is 1. The van der Waals surface area contributed by atoms with Gasteiger partial charge in [-0.2, -0.15) is 13.2 Å². The molecule has 3 atom stereocenters. The highest BCUT2D eigenvalue weighted by molar-refractivity contribution is 8.00. The fraction of sp³-hybridized carbons (Fsp3) is 0.318. The summed E-state index contributed by atoms with van der Waals surface area (Å²) >= 11 is 0.912. The number of rotatable bonds is 8. The van der Waals surface area contributed by atoms with Gasteiger partial charge in [0.2, 0.25) is 11.8 Å². The van der Waals surface area contributed by atoms with Gasteiger partial charge in [0.1, 0.15) is 11.5 Å². The molecule has 2 aromatic rings. The van der Waals surface area contributed by atoms with Gasteiger partial charge in [-0.3, -0.25) is 19.7 Å². The molecule has 0 aromatic heterocycles. The van der Waals surface area contributed by atoms with Crippen molar-refractivity contribution in [2.75, 3.05) is 25.3 Å². The highest BCUT2D eigenvalue weighted by atomic mass is 32.2. The summed E-state index contributed by atoms with van der Waals surface area (Å²) in [5.41, 5.74) is 4.07. The van der Waals surface area contributed by atoms with Crippen LogP contribution >= 0.6 is 11.8 Å². The van der Waals surface area contributed by atoms with Crippen LogP contribution in [0.15, 0.2) is 42.5 Å². The van der Waals surface area contributed by atoms with Crippen LogP contribution in [-0.2, 0) is 15.8 Å². The van der Waals surface area contributed by atoms with Gasteiger partial charge in [-0.25, -0.2) is 0 Å². The Balaban J connectivity index is 1.55. The number of nitrogens with one attached hydrogen (secondary N) is 4. The Morgan fingerprint density at radius 3 is 2.44 bits per heavy atom. The molecule has 1 aliphatic heterocycles. The summed E-state index contributed by atoms with van der Waals surface area (Å²) in [6.45, 7) is 0. The summed E-state index contributed by atoms with van der Waals surface area (Å²) in [4.78, 5) is 37.4. The lowest BCUT2D eigenvalue weighted by molar-refractivity contribution is -0.137. The molecule has 3 rings (SSSR count). The molecule has 0 aliphatic carbocycles. The molecular weight excluding hydrogens is 503 g/mol. The number of ether oxygens (including phenoxy) is 2. The van der Waals surface area contributed by atoms with Gasteiger partial charge in [-0.15, -0.1) is 11.8 Å². The third-order valence-corrected chi connectivity index (χ3v) is 6.09. The smallest absolute Gasteiger partial charge is 0.418 e. The fourth-order valence-corrected chi connectivity index (χ4v) is 4.17. The summed E-state index contributed by atoms with van der Waals surface area (Å²) < 4.78 is 49.6. The Labute approximate surface area is 208 Å². The lowest BCUT2D eigenvalue weighted by Crippen LogP contribution is -2.70. The van der Waals surface area contributed by atoms with Gasteiger partial charge in [0.25, 0.3) is 5.91 Å². The van der Waals surface area contributed by atoms with Crippen LogP contribution in [0.5, 0.6) is 11.5 Å². The predicted molar refractivity (Wildman–Crippen MR) is 126 cm³/mol. The SMILES string of the molecule is COc1ccc(C(=O)NC2C(=O)NC(SCC(=O)Nc3ccccc3C(F)(F)F)NC2N)cc1OC. The van der Waals surface area contributed by atoms with E-state index in [0.717, 1.165) is 23.9 Å². The number of hydrogen-bond acceptors (Lipinski definition) is 8. The predicted octanol–water partition coefficient (Wildman–Crippen LogP) is 1.48. The first kappa shape index (κ1) is 27.1. The van der Waals surface area contributed by atoms with Crippen LogP contribution in [-0.4, -0.2) is 55.4 Å². The van der Waals surface area contributed by atoms with Crippen LogP contribution in [0.3, 0.4) is 0 Å². The molecule has 10 nitrogen and oxygen atoms in total. The van der Waals surface area contributed by atoms with Gasteiger partial charge < -0.3 is 31.2 Å². The van der Waals surface area contributed by atoms with E-state index in [4.69, 9.17) is 15.2 Å². The number of alkyl halides is 3. The van der Waals surface area contributed by atoms with Crippen LogP contribution in [0.2, 0.25) is 0 Å². The Hall–Kier alpha value is -3.49. The number of nitrogens with two attached hydrogens (primary N) is 1. The van der Waals surface area contributed by atoms with E-state index < -0.39 is 47.2 Å². The fourth-order valence-electron chi connectivity index (χ4n) is 3.33. The average molecular weight is 528 g/mol. The minimum Gasteiger partial charge on any atom is -0.493 e. The van der Waals surface area contributed by atoms with Gasteiger partial charge in [-0.05, 0) is 30.3 Å². The molecule has 0 radical (unpaired) electrons. The Morgan fingerprint density at radius 1 is 1.11 bits per heavy atom. The summed E-state index contributed by atoms with van der Waals surface area (Å²) in [6, 6.07) is 7.95. The quantitative estimate of drug-likeness (QED) is 0.347. The molecule has 2 aromatic carbocycles. The first-order valence-electron chi connectivity index (χ1n) is 10.5. The molecule has 3 amide bonds. The molecule has 36 heavy (non-hydrogen) atoms. The lowest BCUT2D eigenvalue weighted by Gasteiger charge is -2.35. The molecule has 1 aliphatic rings. The zero-order valence-corrected chi connectivity index (χ0v) is 20.0. The van der Waals surface area contributed by atoms with Crippen LogP contribution in [0.25, 0.3) is 0 Å². The van der Waals surface area contributed by atoms with Crippen molar-refractivity contribution in [3.8, 4) is 11.5 Å². The molecular formula is C22H24F3N5O5S. The van der Waals surface area contributed by atoms with Crippen molar-refractivity contribution in [3.05, 3.63) is 53.6 Å². The van der Waals surface area contributed by atoms with E-state index in [1.54, 1.807) is 0 Å². The number of benzene rings is 2. The maximum atomic E-state index is 13.1. The van der Waals surface area contributed by atoms with E-state index in [1.165, 1.54) is 44.6 Å². The van der Waals surface area contributed by atoms with Crippen molar-refractivity contribution in [1.29, 1.82) is 0 Å². The highest BCUT2D eigenvalue weighted by Gasteiger charge is 2.36. The molecule has 194 valence electrons. The minimum atomic E-state index is -4.63. The number of anilines is 1. The lowest BCUT2D eigenvalue weighted by atomic mass is 10.1. The van der Waals surface area contributed by atoms with Crippen molar-refractivity contribution in [2.45, 2.75) is 23.9 Å². The third-order valence-electron chi connectivity index (χ3n) is 5.08. The van der Waals surface area contributed by atoms with Crippen molar-refractivity contribution in [3.63, 3.8) is 0 Å². The molecule has 0 spiro atoms. The van der Waals surface area contributed by atoms with E-state index in [0.29, 0.717) is 11.5 Å². The molecule has 0 saturated carbocycles. The van der Waals surface area contributed by atoms with Crippen LogP contribution < -0.4 is 36.5 Å². The molecule has 0 bridgehead atoms. The van der Waals surface area contributed by atoms with Crippen molar-refractivity contribution >= 4 is 35.2 Å². The standard InChI is InChI=1S/C22H24F3N5O5S/c1-34-14-8-7-11(9-15(14)35-2)19(32)28-17-18(26)29-21(30-20(17)33)36-10-16(31)27-13-6-4-3-5-12(13)22(23,24)25/h3-9,17-18,21,29H,10,26H2,1-2H3,(H,27,31)(H,28,32)(H,30,33). The van der Waals surface area contributed by atoms with Crippen LogP contribution in [0.4, 0.5) is 18.9 Å². The number of hydrogen-bond donors (Lipinski definition) is 5. The largest absolute Gasteiger partial charge is 0.493 e. The maximum Gasteiger partial charge on any atom is 0.418 e. The van der Waals surface area contributed by atoms with E-state index in [1.807, 2.05) is 0 Å². The number of methoxy groups -OCH3 is 2. The van der Waals surface area contributed by atoms with Crippen LogP contribution in [0, 0.1) is 0 Å². The normalized spacial score (nSPS) is 19.7. The Kier molecular flexibility index (Phi) is 8.66. The maximum absolute atomic E-state index is 13.1.